The molecule has 0 saturated heterocycles. The monoisotopic (exact) mass is 251 g/mol. The van der Waals surface area contributed by atoms with Crippen LogP contribution >= 0.6 is 0 Å². The SMILES string of the molecule is Cc1ccccc1NC(=O)c1cccc2[nH]ncc12. The third kappa shape index (κ3) is 2.08. The molecule has 0 aliphatic heterocycles. The Balaban J connectivity index is 1.97. The second-order valence-electron chi connectivity index (χ2n) is 4.41. The zero-order chi connectivity index (χ0) is 13.2. The molecule has 0 unspecified atom stereocenters. The smallest absolute Gasteiger partial charge is 0.256 e. The zero-order valence-electron chi connectivity index (χ0n) is 10.5. The Hall–Kier alpha value is -2.62. The van der Waals surface area contributed by atoms with Crippen molar-refractivity contribution in [2.45, 2.75) is 6.92 Å². The van der Waals surface area contributed by atoms with Crippen LogP contribution in [0.15, 0.2) is 48.7 Å². The van der Waals surface area contributed by atoms with Crippen LogP contribution in [0.3, 0.4) is 0 Å². The van der Waals surface area contributed by atoms with E-state index in [2.05, 4.69) is 15.5 Å². The molecule has 0 spiro atoms. The number of aromatic nitrogens is 2. The largest absolute Gasteiger partial charge is 0.322 e. The molecule has 0 saturated carbocycles. The fourth-order valence-corrected chi connectivity index (χ4v) is 2.07. The second-order valence-corrected chi connectivity index (χ2v) is 4.41. The lowest BCUT2D eigenvalue weighted by atomic mass is 10.1. The predicted molar refractivity (Wildman–Crippen MR) is 75.2 cm³/mol. The topological polar surface area (TPSA) is 57.8 Å². The fourth-order valence-electron chi connectivity index (χ4n) is 2.07. The molecule has 0 bridgehead atoms. The highest BCUT2D eigenvalue weighted by molar-refractivity contribution is 6.12. The summed E-state index contributed by atoms with van der Waals surface area (Å²) in [5.74, 6) is -0.124. The van der Waals surface area contributed by atoms with Crippen LogP contribution in [0, 0.1) is 6.92 Å². The first-order chi connectivity index (χ1) is 9.25. The summed E-state index contributed by atoms with van der Waals surface area (Å²) in [6.45, 7) is 1.97. The summed E-state index contributed by atoms with van der Waals surface area (Å²) in [5, 5.41) is 10.6. The van der Waals surface area contributed by atoms with Gasteiger partial charge in [-0.15, -0.1) is 0 Å². The van der Waals surface area contributed by atoms with Crippen LogP contribution in [-0.2, 0) is 0 Å². The molecule has 0 aliphatic carbocycles. The number of hydrogen-bond acceptors (Lipinski definition) is 2. The van der Waals surface area contributed by atoms with Gasteiger partial charge in [0.05, 0.1) is 17.3 Å². The molecule has 1 amide bonds. The molecule has 0 atom stereocenters. The maximum atomic E-state index is 12.3. The van der Waals surface area contributed by atoms with Gasteiger partial charge in [0, 0.05) is 11.1 Å². The van der Waals surface area contributed by atoms with E-state index in [4.69, 9.17) is 0 Å². The summed E-state index contributed by atoms with van der Waals surface area (Å²) in [6, 6.07) is 13.2. The second kappa shape index (κ2) is 4.57. The number of aromatic amines is 1. The number of rotatable bonds is 2. The molecule has 3 rings (SSSR count). The van der Waals surface area contributed by atoms with Crippen LogP contribution in [-0.4, -0.2) is 16.1 Å². The van der Waals surface area contributed by atoms with Crippen molar-refractivity contribution in [1.82, 2.24) is 10.2 Å². The molecule has 0 radical (unpaired) electrons. The van der Waals surface area contributed by atoms with Gasteiger partial charge in [0.1, 0.15) is 0 Å². The van der Waals surface area contributed by atoms with Gasteiger partial charge < -0.3 is 5.32 Å². The highest BCUT2D eigenvalue weighted by Crippen LogP contribution is 2.19. The van der Waals surface area contributed by atoms with Crippen LogP contribution in [0.4, 0.5) is 5.69 Å². The van der Waals surface area contributed by atoms with E-state index in [1.807, 2.05) is 43.3 Å². The highest BCUT2D eigenvalue weighted by Gasteiger charge is 2.11. The summed E-state index contributed by atoms with van der Waals surface area (Å²) in [4.78, 5) is 12.3. The molecule has 1 aromatic heterocycles. The Morgan fingerprint density at radius 3 is 2.84 bits per heavy atom. The molecule has 19 heavy (non-hydrogen) atoms. The molecule has 94 valence electrons. The predicted octanol–water partition coefficient (Wildman–Crippen LogP) is 3.12. The van der Waals surface area contributed by atoms with Crippen LogP contribution in [0.2, 0.25) is 0 Å². The summed E-state index contributed by atoms with van der Waals surface area (Å²) in [6.07, 6.45) is 1.67. The van der Waals surface area contributed by atoms with Gasteiger partial charge in [-0.1, -0.05) is 24.3 Å². The summed E-state index contributed by atoms with van der Waals surface area (Å²) >= 11 is 0. The first-order valence-electron chi connectivity index (χ1n) is 6.05. The van der Waals surface area contributed by atoms with Crippen molar-refractivity contribution in [2.24, 2.45) is 0 Å². The van der Waals surface area contributed by atoms with Gasteiger partial charge >= 0.3 is 0 Å². The molecule has 4 heteroatoms. The van der Waals surface area contributed by atoms with Crippen molar-refractivity contribution in [2.75, 3.05) is 5.32 Å². The van der Waals surface area contributed by atoms with E-state index in [0.717, 1.165) is 22.2 Å². The molecule has 0 fully saturated rings. The van der Waals surface area contributed by atoms with Gasteiger partial charge in [-0.2, -0.15) is 5.10 Å². The molecular formula is C15H13N3O. The maximum absolute atomic E-state index is 12.3. The van der Waals surface area contributed by atoms with Crippen molar-refractivity contribution in [1.29, 1.82) is 0 Å². The van der Waals surface area contributed by atoms with E-state index in [0.29, 0.717) is 5.56 Å². The number of amides is 1. The van der Waals surface area contributed by atoms with Gasteiger partial charge in [0.25, 0.3) is 5.91 Å². The molecule has 2 N–H and O–H groups in total. The number of H-pyrrole nitrogens is 1. The van der Waals surface area contributed by atoms with Gasteiger partial charge in [-0.3, -0.25) is 9.89 Å². The summed E-state index contributed by atoms with van der Waals surface area (Å²) in [5.41, 5.74) is 3.34. The Labute approximate surface area is 110 Å². The third-order valence-electron chi connectivity index (χ3n) is 3.12. The number of fused-ring (bicyclic) bond motifs is 1. The molecular weight excluding hydrogens is 238 g/mol. The minimum absolute atomic E-state index is 0.124. The standard InChI is InChI=1S/C15H13N3O/c1-10-5-2-3-7-13(10)17-15(19)11-6-4-8-14-12(11)9-16-18-14/h2-9H,1H3,(H,16,18)(H,17,19). The van der Waals surface area contributed by atoms with Crippen molar-refractivity contribution in [3.05, 3.63) is 59.8 Å². The zero-order valence-corrected chi connectivity index (χ0v) is 10.5. The number of carbonyl (C=O) groups is 1. The lowest BCUT2D eigenvalue weighted by Gasteiger charge is -2.08. The third-order valence-corrected chi connectivity index (χ3v) is 3.12. The van der Waals surface area contributed by atoms with Gasteiger partial charge in [-0.25, -0.2) is 0 Å². The van der Waals surface area contributed by atoms with Gasteiger partial charge in [0.15, 0.2) is 0 Å². The van der Waals surface area contributed by atoms with E-state index < -0.39 is 0 Å². The highest BCUT2D eigenvalue weighted by atomic mass is 16.1. The Kier molecular flexibility index (Phi) is 2.76. The minimum Gasteiger partial charge on any atom is -0.322 e. The van der Waals surface area contributed by atoms with E-state index in [9.17, 15) is 4.79 Å². The first-order valence-corrected chi connectivity index (χ1v) is 6.05. The number of hydrogen-bond donors (Lipinski definition) is 2. The number of benzene rings is 2. The van der Waals surface area contributed by atoms with E-state index >= 15 is 0 Å². The average molecular weight is 251 g/mol. The van der Waals surface area contributed by atoms with Gasteiger partial charge in [0.2, 0.25) is 0 Å². The van der Waals surface area contributed by atoms with Crippen molar-refractivity contribution in [3.63, 3.8) is 0 Å². The van der Waals surface area contributed by atoms with Crippen molar-refractivity contribution >= 4 is 22.5 Å². The quantitative estimate of drug-likeness (QED) is 0.735. The number of nitrogens with zero attached hydrogens (tertiary/aromatic N) is 1. The normalized spacial score (nSPS) is 10.6. The van der Waals surface area contributed by atoms with Crippen LogP contribution < -0.4 is 5.32 Å². The van der Waals surface area contributed by atoms with Crippen LogP contribution in [0.5, 0.6) is 0 Å². The lowest BCUT2D eigenvalue weighted by Crippen LogP contribution is -2.12. The van der Waals surface area contributed by atoms with Crippen LogP contribution in [0.1, 0.15) is 15.9 Å². The minimum atomic E-state index is -0.124. The van der Waals surface area contributed by atoms with Gasteiger partial charge in [-0.05, 0) is 30.7 Å². The number of carbonyl (C=O) groups excluding carboxylic acids is 1. The number of para-hydroxylation sites is 1. The first kappa shape index (κ1) is 11.5. The Morgan fingerprint density at radius 1 is 1.16 bits per heavy atom. The van der Waals surface area contributed by atoms with Crippen molar-refractivity contribution in [3.8, 4) is 0 Å². The molecule has 3 aromatic rings. The lowest BCUT2D eigenvalue weighted by molar-refractivity contribution is 0.102. The van der Waals surface area contributed by atoms with Crippen LogP contribution in [0.25, 0.3) is 10.9 Å². The average Bonchev–Trinajstić information content (AvgIpc) is 2.89. The summed E-state index contributed by atoms with van der Waals surface area (Å²) < 4.78 is 0. The number of nitrogens with one attached hydrogen (secondary N) is 2. The molecule has 0 aliphatic rings. The van der Waals surface area contributed by atoms with Crippen molar-refractivity contribution < 1.29 is 4.79 Å². The Morgan fingerprint density at radius 2 is 2.00 bits per heavy atom. The number of anilines is 1. The molecule has 1 heterocycles. The molecule has 2 aromatic carbocycles. The Bertz CT molecular complexity index is 746. The molecule has 4 nitrogen and oxygen atoms in total. The van der Waals surface area contributed by atoms with E-state index in [-0.39, 0.29) is 5.91 Å². The fraction of sp³-hybridized carbons (Fsp3) is 0.0667. The van der Waals surface area contributed by atoms with E-state index in [1.54, 1.807) is 12.3 Å². The van der Waals surface area contributed by atoms with E-state index in [1.165, 1.54) is 0 Å². The number of aryl methyl sites for hydroxylation is 1. The summed E-state index contributed by atoms with van der Waals surface area (Å²) in [7, 11) is 0. The maximum Gasteiger partial charge on any atom is 0.256 e.